The van der Waals surface area contributed by atoms with Crippen molar-refractivity contribution in [1.82, 2.24) is 19.7 Å². The molecule has 0 aliphatic heterocycles. The van der Waals surface area contributed by atoms with Gasteiger partial charge in [0.15, 0.2) is 11.0 Å². The third-order valence-corrected chi connectivity index (χ3v) is 5.64. The summed E-state index contributed by atoms with van der Waals surface area (Å²) in [6, 6.07) is 15.2. The van der Waals surface area contributed by atoms with E-state index in [1.54, 1.807) is 36.3 Å². The minimum Gasteiger partial charge on any atom is -0.495 e. The smallest absolute Gasteiger partial charge is 0.233 e. The molecule has 3 rings (SSSR count). The van der Waals surface area contributed by atoms with Crippen LogP contribution in [-0.2, 0) is 4.79 Å². The predicted octanol–water partition coefficient (Wildman–Crippen LogP) is 4.89. The van der Waals surface area contributed by atoms with E-state index in [1.165, 1.54) is 11.8 Å². The van der Waals surface area contributed by atoms with Crippen LogP contribution in [0.25, 0.3) is 17.1 Å². The molecule has 0 fully saturated rings. The molecule has 0 aliphatic carbocycles. The Hall–Kier alpha value is -3.03. The van der Waals surface area contributed by atoms with Gasteiger partial charge in [-0.05, 0) is 18.2 Å². The van der Waals surface area contributed by atoms with Gasteiger partial charge in [0.05, 0.1) is 23.6 Å². The van der Waals surface area contributed by atoms with Gasteiger partial charge in [0.25, 0.3) is 0 Å². The molecule has 1 heterocycles. The summed E-state index contributed by atoms with van der Waals surface area (Å²) in [7, 11) is 1.57. The van der Waals surface area contributed by atoms with Gasteiger partial charge in [0.1, 0.15) is 5.75 Å². The standard InChI is InChI=1S/C23H23ClN4O2S/c1-4-13-27(14-5-2)21(29)16-31-23-26-25-22(17-9-7-6-8-10-17)28(23)18-11-12-20(30-3)19(24)15-18/h4-12,15H,1-2,13-14,16H2,3H3. The van der Waals surface area contributed by atoms with Crippen LogP contribution in [0.2, 0.25) is 5.02 Å². The van der Waals surface area contributed by atoms with E-state index in [1.807, 2.05) is 41.0 Å². The molecule has 0 N–H and O–H groups in total. The number of rotatable bonds is 10. The summed E-state index contributed by atoms with van der Waals surface area (Å²) >= 11 is 7.69. The summed E-state index contributed by atoms with van der Waals surface area (Å²) < 4.78 is 7.16. The van der Waals surface area contributed by atoms with Crippen molar-refractivity contribution in [2.45, 2.75) is 5.16 Å². The second kappa shape index (κ2) is 10.8. The fourth-order valence-corrected chi connectivity index (χ4v) is 4.08. The second-order valence-corrected chi connectivity index (χ2v) is 7.84. The summed E-state index contributed by atoms with van der Waals surface area (Å²) in [4.78, 5) is 14.3. The number of amides is 1. The SMILES string of the molecule is C=CCN(CC=C)C(=O)CSc1nnc(-c2ccccc2)n1-c1ccc(OC)c(Cl)c1. The molecule has 160 valence electrons. The predicted molar refractivity (Wildman–Crippen MR) is 126 cm³/mol. The first-order valence-corrected chi connectivity index (χ1v) is 10.9. The van der Waals surface area contributed by atoms with Gasteiger partial charge >= 0.3 is 0 Å². The van der Waals surface area contributed by atoms with Crippen molar-refractivity contribution >= 4 is 29.3 Å². The van der Waals surface area contributed by atoms with Gasteiger partial charge in [-0.25, -0.2) is 0 Å². The van der Waals surface area contributed by atoms with Gasteiger partial charge in [-0.3, -0.25) is 9.36 Å². The maximum Gasteiger partial charge on any atom is 0.233 e. The first kappa shape index (κ1) is 22.7. The molecule has 8 heteroatoms. The first-order valence-electron chi connectivity index (χ1n) is 9.56. The molecular formula is C23H23ClN4O2S. The average molecular weight is 455 g/mol. The minimum absolute atomic E-state index is 0.0339. The summed E-state index contributed by atoms with van der Waals surface area (Å²) in [5.41, 5.74) is 1.68. The minimum atomic E-state index is -0.0339. The lowest BCUT2D eigenvalue weighted by atomic mass is 10.2. The number of halogens is 1. The van der Waals surface area contributed by atoms with Crippen molar-refractivity contribution in [2.75, 3.05) is 26.0 Å². The van der Waals surface area contributed by atoms with Gasteiger partial charge in [-0.15, -0.1) is 23.4 Å². The monoisotopic (exact) mass is 454 g/mol. The maximum absolute atomic E-state index is 12.7. The number of aromatic nitrogens is 3. The Morgan fingerprint density at radius 2 is 1.87 bits per heavy atom. The molecular weight excluding hydrogens is 432 g/mol. The van der Waals surface area contributed by atoms with Crippen LogP contribution in [-0.4, -0.2) is 51.5 Å². The van der Waals surface area contributed by atoms with E-state index >= 15 is 0 Å². The molecule has 1 aromatic heterocycles. The van der Waals surface area contributed by atoms with Crippen molar-refractivity contribution in [3.8, 4) is 22.8 Å². The Kier molecular flexibility index (Phi) is 7.92. The summed E-state index contributed by atoms with van der Waals surface area (Å²) in [6.45, 7) is 8.34. The lowest BCUT2D eigenvalue weighted by Crippen LogP contribution is -2.32. The lowest BCUT2D eigenvalue weighted by Gasteiger charge is -2.19. The number of nitrogens with zero attached hydrogens (tertiary/aromatic N) is 4. The van der Waals surface area contributed by atoms with Crippen molar-refractivity contribution in [2.24, 2.45) is 0 Å². The quantitative estimate of drug-likeness (QED) is 0.322. The molecule has 1 amide bonds. The van der Waals surface area contributed by atoms with Crippen molar-refractivity contribution in [3.05, 3.63) is 78.9 Å². The van der Waals surface area contributed by atoms with E-state index in [0.717, 1.165) is 11.3 Å². The number of hydrogen-bond donors (Lipinski definition) is 0. The van der Waals surface area contributed by atoms with Gasteiger partial charge in [-0.2, -0.15) is 0 Å². The van der Waals surface area contributed by atoms with Crippen LogP contribution in [0.5, 0.6) is 5.75 Å². The lowest BCUT2D eigenvalue weighted by molar-refractivity contribution is -0.127. The highest BCUT2D eigenvalue weighted by molar-refractivity contribution is 7.99. The summed E-state index contributed by atoms with van der Waals surface area (Å²) in [5, 5.41) is 9.81. The van der Waals surface area contributed by atoms with Crippen LogP contribution in [0.3, 0.4) is 0 Å². The second-order valence-electron chi connectivity index (χ2n) is 6.49. The Morgan fingerprint density at radius 1 is 1.16 bits per heavy atom. The fourth-order valence-electron chi connectivity index (χ4n) is 2.97. The number of methoxy groups -OCH3 is 1. The molecule has 0 spiro atoms. The molecule has 0 unspecified atom stereocenters. The van der Waals surface area contributed by atoms with E-state index in [2.05, 4.69) is 23.4 Å². The van der Waals surface area contributed by atoms with Crippen LogP contribution < -0.4 is 4.74 Å². The van der Waals surface area contributed by atoms with Crippen molar-refractivity contribution in [1.29, 1.82) is 0 Å². The molecule has 0 saturated heterocycles. The highest BCUT2D eigenvalue weighted by atomic mass is 35.5. The number of benzene rings is 2. The summed E-state index contributed by atoms with van der Waals surface area (Å²) in [6.07, 6.45) is 3.39. The van der Waals surface area contributed by atoms with Crippen LogP contribution in [0.15, 0.2) is 79.0 Å². The first-order chi connectivity index (χ1) is 15.1. The van der Waals surface area contributed by atoms with Crippen molar-refractivity contribution < 1.29 is 9.53 Å². The van der Waals surface area contributed by atoms with E-state index in [0.29, 0.717) is 34.8 Å². The fraction of sp³-hybridized carbons (Fsp3) is 0.174. The molecule has 0 saturated carbocycles. The molecule has 0 atom stereocenters. The Morgan fingerprint density at radius 3 is 2.48 bits per heavy atom. The third-order valence-electron chi connectivity index (χ3n) is 4.44. The molecule has 2 aromatic carbocycles. The van der Waals surface area contributed by atoms with E-state index in [9.17, 15) is 4.79 Å². The zero-order valence-corrected chi connectivity index (χ0v) is 18.8. The molecule has 3 aromatic rings. The van der Waals surface area contributed by atoms with Crippen LogP contribution in [0.4, 0.5) is 0 Å². The molecule has 0 bridgehead atoms. The average Bonchev–Trinajstić information content (AvgIpc) is 3.22. The van der Waals surface area contributed by atoms with E-state index in [4.69, 9.17) is 16.3 Å². The number of thioether (sulfide) groups is 1. The Labute approximate surface area is 191 Å². The number of ether oxygens (including phenoxy) is 1. The van der Waals surface area contributed by atoms with E-state index < -0.39 is 0 Å². The van der Waals surface area contributed by atoms with Crippen LogP contribution in [0.1, 0.15) is 0 Å². The highest BCUT2D eigenvalue weighted by Crippen LogP contribution is 2.32. The number of carbonyl (C=O) groups is 1. The molecule has 31 heavy (non-hydrogen) atoms. The normalized spacial score (nSPS) is 10.5. The summed E-state index contributed by atoms with van der Waals surface area (Å²) in [5.74, 6) is 1.41. The maximum atomic E-state index is 12.7. The number of carbonyl (C=O) groups excluding carboxylic acids is 1. The largest absolute Gasteiger partial charge is 0.495 e. The van der Waals surface area contributed by atoms with Gasteiger partial charge < -0.3 is 9.64 Å². The molecule has 0 aliphatic rings. The van der Waals surface area contributed by atoms with Crippen LogP contribution in [0, 0.1) is 0 Å². The third kappa shape index (κ3) is 5.37. The topological polar surface area (TPSA) is 60.2 Å². The molecule has 0 radical (unpaired) electrons. The van der Waals surface area contributed by atoms with Gasteiger partial charge in [-0.1, -0.05) is 65.8 Å². The van der Waals surface area contributed by atoms with Crippen molar-refractivity contribution in [3.63, 3.8) is 0 Å². The van der Waals surface area contributed by atoms with E-state index in [-0.39, 0.29) is 11.7 Å². The van der Waals surface area contributed by atoms with Crippen LogP contribution >= 0.6 is 23.4 Å². The van der Waals surface area contributed by atoms with Gasteiger partial charge in [0.2, 0.25) is 5.91 Å². The Bertz CT molecular complexity index is 1060. The zero-order chi connectivity index (χ0) is 22.2. The molecule has 6 nitrogen and oxygen atoms in total. The number of hydrogen-bond acceptors (Lipinski definition) is 5. The Balaban J connectivity index is 1.96. The highest BCUT2D eigenvalue weighted by Gasteiger charge is 2.19. The van der Waals surface area contributed by atoms with Gasteiger partial charge in [0, 0.05) is 18.7 Å². The zero-order valence-electron chi connectivity index (χ0n) is 17.2.